The summed E-state index contributed by atoms with van der Waals surface area (Å²) in [7, 11) is 2.14. The van der Waals surface area contributed by atoms with Crippen molar-refractivity contribution in [1.29, 1.82) is 0 Å². The molecule has 0 N–H and O–H groups in total. The van der Waals surface area contributed by atoms with Gasteiger partial charge in [-0.05, 0) is 33.2 Å². The first-order valence-electron chi connectivity index (χ1n) is 5.58. The molecule has 4 heteroatoms. The van der Waals surface area contributed by atoms with Crippen molar-refractivity contribution in [3.63, 3.8) is 0 Å². The minimum absolute atomic E-state index is 0.0753. The molecule has 1 heterocycles. The number of halogens is 1. The molecule has 1 aliphatic heterocycles. The average Bonchev–Trinajstić information content (AvgIpc) is 2.65. The molecule has 0 aromatic carbocycles. The molecule has 15 heavy (non-hydrogen) atoms. The standard InChI is InChI=1S/C11H21ClN2O/c1-9(2)13(3)7-10-4-5-14(8-10)11(15)6-12/h9-10H,4-8H2,1-3H3/t10-/m1/s1. The van der Waals surface area contributed by atoms with E-state index in [9.17, 15) is 4.79 Å². The van der Waals surface area contributed by atoms with Crippen LogP contribution in [0.4, 0.5) is 0 Å². The average molecular weight is 233 g/mol. The van der Waals surface area contributed by atoms with Crippen LogP contribution in [0.5, 0.6) is 0 Å². The predicted octanol–water partition coefficient (Wildman–Crippen LogP) is 1.41. The van der Waals surface area contributed by atoms with Gasteiger partial charge < -0.3 is 9.80 Å². The summed E-state index contributed by atoms with van der Waals surface area (Å²) in [4.78, 5) is 15.6. The number of likely N-dealkylation sites (tertiary alicyclic amines) is 1. The van der Waals surface area contributed by atoms with Crippen LogP contribution >= 0.6 is 11.6 Å². The zero-order valence-corrected chi connectivity index (χ0v) is 10.6. The van der Waals surface area contributed by atoms with Crippen LogP contribution in [-0.2, 0) is 4.79 Å². The maximum atomic E-state index is 11.4. The van der Waals surface area contributed by atoms with Crippen LogP contribution in [0, 0.1) is 5.92 Å². The molecule has 0 radical (unpaired) electrons. The van der Waals surface area contributed by atoms with Crippen molar-refractivity contribution in [2.75, 3.05) is 32.6 Å². The van der Waals surface area contributed by atoms with Crippen LogP contribution in [0.1, 0.15) is 20.3 Å². The summed E-state index contributed by atoms with van der Waals surface area (Å²) >= 11 is 5.53. The van der Waals surface area contributed by atoms with Gasteiger partial charge in [0, 0.05) is 25.7 Å². The lowest BCUT2D eigenvalue weighted by Crippen LogP contribution is -2.34. The van der Waals surface area contributed by atoms with Gasteiger partial charge in [0.15, 0.2) is 0 Å². The molecule has 0 unspecified atom stereocenters. The fourth-order valence-corrected chi connectivity index (χ4v) is 2.08. The number of carbonyl (C=O) groups is 1. The van der Waals surface area contributed by atoms with Crippen molar-refractivity contribution >= 4 is 17.5 Å². The predicted molar refractivity (Wildman–Crippen MR) is 63.2 cm³/mol. The highest BCUT2D eigenvalue weighted by molar-refractivity contribution is 6.27. The number of hydrogen-bond acceptors (Lipinski definition) is 2. The maximum Gasteiger partial charge on any atom is 0.237 e. The van der Waals surface area contributed by atoms with Crippen LogP contribution in [0.25, 0.3) is 0 Å². The Hall–Kier alpha value is -0.280. The van der Waals surface area contributed by atoms with E-state index < -0.39 is 0 Å². The number of carbonyl (C=O) groups excluding carboxylic acids is 1. The molecular weight excluding hydrogens is 212 g/mol. The van der Waals surface area contributed by atoms with Gasteiger partial charge in [0.1, 0.15) is 5.88 Å². The topological polar surface area (TPSA) is 23.6 Å². The van der Waals surface area contributed by atoms with E-state index in [1.807, 2.05) is 4.90 Å². The Morgan fingerprint density at radius 1 is 1.60 bits per heavy atom. The van der Waals surface area contributed by atoms with Gasteiger partial charge in [-0.15, -0.1) is 11.6 Å². The monoisotopic (exact) mass is 232 g/mol. The Balaban J connectivity index is 2.33. The van der Waals surface area contributed by atoms with Crippen molar-refractivity contribution in [3.05, 3.63) is 0 Å². The largest absolute Gasteiger partial charge is 0.341 e. The van der Waals surface area contributed by atoms with Crippen LogP contribution in [0.15, 0.2) is 0 Å². The van der Waals surface area contributed by atoms with Gasteiger partial charge in [-0.25, -0.2) is 0 Å². The summed E-state index contributed by atoms with van der Waals surface area (Å²) in [6, 6.07) is 0.572. The van der Waals surface area contributed by atoms with Crippen LogP contribution in [-0.4, -0.2) is 54.3 Å². The summed E-state index contributed by atoms with van der Waals surface area (Å²) in [5.74, 6) is 0.808. The van der Waals surface area contributed by atoms with E-state index in [0.29, 0.717) is 12.0 Å². The zero-order valence-electron chi connectivity index (χ0n) is 9.87. The number of rotatable bonds is 4. The Kier molecular flexibility index (Phi) is 4.87. The SMILES string of the molecule is CC(C)N(C)C[C@H]1CCN(C(=O)CCl)C1. The number of alkyl halides is 1. The third-order valence-electron chi connectivity index (χ3n) is 3.18. The lowest BCUT2D eigenvalue weighted by molar-refractivity contribution is -0.127. The highest BCUT2D eigenvalue weighted by atomic mass is 35.5. The zero-order chi connectivity index (χ0) is 11.4. The molecule has 0 aromatic heterocycles. The van der Waals surface area contributed by atoms with E-state index in [-0.39, 0.29) is 11.8 Å². The minimum Gasteiger partial charge on any atom is -0.341 e. The molecule has 1 aliphatic rings. The van der Waals surface area contributed by atoms with Crippen LogP contribution < -0.4 is 0 Å². The van der Waals surface area contributed by atoms with Crippen molar-refractivity contribution in [1.82, 2.24) is 9.80 Å². The van der Waals surface area contributed by atoms with Gasteiger partial charge in [-0.1, -0.05) is 0 Å². The van der Waals surface area contributed by atoms with Crippen molar-refractivity contribution in [2.45, 2.75) is 26.3 Å². The van der Waals surface area contributed by atoms with Gasteiger partial charge >= 0.3 is 0 Å². The number of amides is 1. The molecule has 3 nitrogen and oxygen atoms in total. The van der Waals surface area contributed by atoms with E-state index in [2.05, 4.69) is 25.8 Å². The third-order valence-corrected chi connectivity index (χ3v) is 3.41. The molecule has 0 aromatic rings. The molecule has 0 spiro atoms. The quantitative estimate of drug-likeness (QED) is 0.685. The Bertz CT molecular complexity index is 221. The first-order chi connectivity index (χ1) is 7.04. The second-order valence-electron chi connectivity index (χ2n) is 4.66. The molecule has 1 rings (SSSR count). The number of nitrogens with zero attached hydrogens (tertiary/aromatic N) is 2. The highest BCUT2D eigenvalue weighted by Crippen LogP contribution is 2.18. The summed E-state index contributed by atoms with van der Waals surface area (Å²) in [5.41, 5.74) is 0. The normalized spacial score (nSPS) is 21.7. The van der Waals surface area contributed by atoms with Gasteiger partial charge in [0.05, 0.1) is 0 Å². The first kappa shape index (κ1) is 12.8. The fraction of sp³-hybridized carbons (Fsp3) is 0.909. The van der Waals surface area contributed by atoms with Gasteiger partial charge in [0.2, 0.25) is 5.91 Å². The Morgan fingerprint density at radius 2 is 2.27 bits per heavy atom. The second-order valence-corrected chi connectivity index (χ2v) is 4.93. The summed E-state index contributed by atoms with van der Waals surface area (Å²) in [6.45, 7) is 7.21. The lowest BCUT2D eigenvalue weighted by atomic mass is 10.1. The van der Waals surface area contributed by atoms with Gasteiger partial charge in [-0.3, -0.25) is 4.79 Å². The first-order valence-corrected chi connectivity index (χ1v) is 6.12. The molecule has 1 saturated heterocycles. The Morgan fingerprint density at radius 3 is 2.80 bits per heavy atom. The molecule has 0 saturated carbocycles. The molecule has 1 fully saturated rings. The fourth-order valence-electron chi connectivity index (χ4n) is 1.91. The third kappa shape index (κ3) is 3.65. The van der Waals surface area contributed by atoms with E-state index in [4.69, 9.17) is 11.6 Å². The van der Waals surface area contributed by atoms with E-state index in [1.54, 1.807) is 0 Å². The molecule has 88 valence electrons. The van der Waals surface area contributed by atoms with Gasteiger partial charge in [-0.2, -0.15) is 0 Å². The highest BCUT2D eigenvalue weighted by Gasteiger charge is 2.26. The van der Waals surface area contributed by atoms with E-state index in [0.717, 1.165) is 26.1 Å². The van der Waals surface area contributed by atoms with E-state index >= 15 is 0 Å². The van der Waals surface area contributed by atoms with Crippen molar-refractivity contribution in [3.8, 4) is 0 Å². The van der Waals surface area contributed by atoms with Crippen molar-refractivity contribution in [2.24, 2.45) is 5.92 Å². The second kappa shape index (κ2) is 5.71. The lowest BCUT2D eigenvalue weighted by Gasteiger charge is -2.24. The molecular formula is C11H21ClN2O. The van der Waals surface area contributed by atoms with Gasteiger partial charge in [0.25, 0.3) is 0 Å². The maximum absolute atomic E-state index is 11.4. The Labute approximate surface area is 97.4 Å². The summed E-state index contributed by atoms with van der Waals surface area (Å²) in [5, 5.41) is 0. The van der Waals surface area contributed by atoms with Crippen molar-refractivity contribution < 1.29 is 4.79 Å². The minimum atomic E-state index is 0.0753. The van der Waals surface area contributed by atoms with E-state index in [1.165, 1.54) is 0 Å². The van der Waals surface area contributed by atoms with Crippen LogP contribution in [0.3, 0.4) is 0 Å². The van der Waals surface area contributed by atoms with Crippen LogP contribution in [0.2, 0.25) is 0 Å². The summed E-state index contributed by atoms with van der Waals surface area (Å²) < 4.78 is 0. The summed E-state index contributed by atoms with van der Waals surface area (Å²) in [6.07, 6.45) is 1.11. The number of hydrogen-bond donors (Lipinski definition) is 0. The molecule has 1 amide bonds. The molecule has 0 aliphatic carbocycles. The molecule has 1 atom stereocenters. The molecule has 0 bridgehead atoms. The smallest absolute Gasteiger partial charge is 0.237 e.